The Balaban J connectivity index is 2.52. The molecule has 2 N–H and O–H groups in total. The standard InChI is InChI=1S/C11H23NO3S/c1-10(2)16(14,15)12-9-11(13)7-5-3-4-6-8-11/h10,12-13H,3-9H2,1-2H3. The molecule has 0 aromatic heterocycles. The average molecular weight is 249 g/mol. The molecule has 0 spiro atoms. The number of rotatable bonds is 4. The van der Waals surface area contributed by atoms with E-state index < -0.39 is 20.9 Å². The van der Waals surface area contributed by atoms with Gasteiger partial charge in [-0.05, 0) is 26.7 Å². The van der Waals surface area contributed by atoms with Gasteiger partial charge in [-0.2, -0.15) is 0 Å². The predicted molar refractivity (Wildman–Crippen MR) is 64.7 cm³/mol. The van der Waals surface area contributed by atoms with Crippen LogP contribution >= 0.6 is 0 Å². The van der Waals surface area contributed by atoms with Crippen molar-refractivity contribution in [2.24, 2.45) is 0 Å². The molecule has 0 atom stereocenters. The monoisotopic (exact) mass is 249 g/mol. The van der Waals surface area contributed by atoms with E-state index in [9.17, 15) is 13.5 Å². The first-order valence-corrected chi connectivity index (χ1v) is 7.61. The number of hydrogen-bond acceptors (Lipinski definition) is 3. The van der Waals surface area contributed by atoms with E-state index in [-0.39, 0.29) is 6.54 Å². The quantitative estimate of drug-likeness (QED) is 0.740. The molecule has 5 heteroatoms. The molecule has 0 heterocycles. The third-order valence-corrected chi connectivity index (χ3v) is 5.05. The van der Waals surface area contributed by atoms with Crippen LogP contribution in [0.2, 0.25) is 0 Å². The highest BCUT2D eigenvalue weighted by Gasteiger charge is 2.30. The zero-order valence-electron chi connectivity index (χ0n) is 10.2. The van der Waals surface area contributed by atoms with E-state index in [2.05, 4.69) is 4.72 Å². The van der Waals surface area contributed by atoms with Crippen LogP contribution in [0.3, 0.4) is 0 Å². The van der Waals surface area contributed by atoms with Gasteiger partial charge < -0.3 is 5.11 Å². The molecule has 0 radical (unpaired) electrons. The molecule has 0 aliphatic heterocycles. The van der Waals surface area contributed by atoms with Gasteiger partial charge in [-0.15, -0.1) is 0 Å². The van der Waals surface area contributed by atoms with Crippen molar-refractivity contribution < 1.29 is 13.5 Å². The van der Waals surface area contributed by atoms with Crippen molar-refractivity contribution in [3.8, 4) is 0 Å². The largest absolute Gasteiger partial charge is 0.389 e. The number of aliphatic hydroxyl groups is 1. The van der Waals surface area contributed by atoms with Gasteiger partial charge in [-0.1, -0.05) is 25.7 Å². The first-order chi connectivity index (χ1) is 7.36. The van der Waals surface area contributed by atoms with Gasteiger partial charge in [-0.25, -0.2) is 13.1 Å². The Morgan fingerprint density at radius 3 is 2.12 bits per heavy atom. The summed E-state index contributed by atoms with van der Waals surface area (Å²) >= 11 is 0. The van der Waals surface area contributed by atoms with E-state index in [0.717, 1.165) is 25.7 Å². The molecule has 0 saturated heterocycles. The zero-order chi connectivity index (χ0) is 12.2. The summed E-state index contributed by atoms with van der Waals surface area (Å²) in [4.78, 5) is 0. The van der Waals surface area contributed by atoms with E-state index in [4.69, 9.17) is 0 Å². The van der Waals surface area contributed by atoms with Gasteiger partial charge in [-0.3, -0.25) is 0 Å². The third kappa shape index (κ3) is 4.03. The molecule has 0 amide bonds. The van der Waals surface area contributed by atoms with Crippen LogP contribution in [0.1, 0.15) is 52.4 Å². The van der Waals surface area contributed by atoms with Gasteiger partial charge in [0.05, 0.1) is 10.9 Å². The summed E-state index contributed by atoms with van der Waals surface area (Å²) < 4.78 is 25.7. The maximum Gasteiger partial charge on any atom is 0.214 e. The summed E-state index contributed by atoms with van der Waals surface area (Å²) in [6.45, 7) is 3.44. The van der Waals surface area contributed by atoms with Crippen molar-refractivity contribution in [2.45, 2.75) is 63.2 Å². The summed E-state index contributed by atoms with van der Waals surface area (Å²) in [7, 11) is -3.26. The van der Waals surface area contributed by atoms with Gasteiger partial charge >= 0.3 is 0 Å². The molecular weight excluding hydrogens is 226 g/mol. The van der Waals surface area contributed by atoms with E-state index in [1.807, 2.05) is 0 Å². The maximum absolute atomic E-state index is 11.6. The summed E-state index contributed by atoms with van der Waals surface area (Å²) in [5.41, 5.74) is -0.835. The molecule has 0 aromatic carbocycles. The van der Waals surface area contributed by atoms with Crippen molar-refractivity contribution in [1.82, 2.24) is 4.72 Å². The van der Waals surface area contributed by atoms with Gasteiger partial charge in [0, 0.05) is 6.54 Å². The fraction of sp³-hybridized carbons (Fsp3) is 1.00. The molecule has 0 aromatic rings. The Morgan fingerprint density at radius 2 is 1.69 bits per heavy atom. The molecule has 1 rings (SSSR count). The minimum atomic E-state index is -3.26. The fourth-order valence-electron chi connectivity index (χ4n) is 1.97. The molecule has 1 aliphatic rings. The molecule has 0 bridgehead atoms. The lowest BCUT2D eigenvalue weighted by Gasteiger charge is -2.27. The van der Waals surface area contributed by atoms with E-state index in [0.29, 0.717) is 12.8 Å². The van der Waals surface area contributed by atoms with Crippen LogP contribution in [0.25, 0.3) is 0 Å². The second-order valence-corrected chi connectivity index (χ2v) is 7.37. The molecule has 16 heavy (non-hydrogen) atoms. The van der Waals surface area contributed by atoms with Gasteiger partial charge in [0.2, 0.25) is 10.0 Å². The van der Waals surface area contributed by atoms with Crippen LogP contribution in [-0.4, -0.2) is 30.9 Å². The molecule has 0 unspecified atom stereocenters. The first-order valence-electron chi connectivity index (χ1n) is 6.07. The number of nitrogens with one attached hydrogen (secondary N) is 1. The lowest BCUT2D eigenvalue weighted by molar-refractivity contribution is 0.0302. The molecule has 96 valence electrons. The Labute approximate surface area is 98.5 Å². The minimum Gasteiger partial charge on any atom is -0.389 e. The van der Waals surface area contributed by atoms with Crippen LogP contribution in [0.4, 0.5) is 0 Å². The summed E-state index contributed by atoms with van der Waals surface area (Å²) in [5.74, 6) is 0. The molecule has 1 aliphatic carbocycles. The molecule has 1 fully saturated rings. The van der Waals surface area contributed by atoms with Crippen LogP contribution in [0.15, 0.2) is 0 Å². The van der Waals surface area contributed by atoms with E-state index in [1.54, 1.807) is 13.8 Å². The van der Waals surface area contributed by atoms with Gasteiger partial charge in [0.1, 0.15) is 0 Å². The lowest BCUT2D eigenvalue weighted by atomic mass is 9.95. The topological polar surface area (TPSA) is 66.4 Å². The Bertz CT molecular complexity index is 303. The first kappa shape index (κ1) is 13.9. The highest BCUT2D eigenvalue weighted by atomic mass is 32.2. The Morgan fingerprint density at radius 1 is 1.19 bits per heavy atom. The highest BCUT2D eigenvalue weighted by Crippen LogP contribution is 2.26. The normalized spacial score (nSPS) is 22.0. The van der Waals surface area contributed by atoms with Crippen LogP contribution in [-0.2, 0) is 10.0 Å². The summed E-state index contributed by atoms with van der Waals surface area (Å²) in [5, 5.41) is 9.83. The van der Waals surface area contributed by atoms with Crippen molar-refractivity contribution in [1.29, 1.82) is 0 Å². The van der Waals surface area contributed by atoms with Crippen LogP contribution in [0, 0.1) is 0 Å². The lowest BCUT2D eigenvalue weighted by Crippen LogP contribution is -2.44. The Hall–Kier alpha value is -0.130. The minimum absolute atomic E-state index is 0.160. The maximum atomic E-state index is 11.6. The second-order valence-electron chi connectivity index (χ2n) is 5.05. The van der Waals surface area contributed by atoms with Gasteiger partial charge in [0.15, 0.2) is 0 Å². The summed E-state index contributed by atoms with van der Waals surface area (Å²) in [6, 6.07) is 0. The van der Waals surface area contributed by atoms with E-state index >= 15 is 0 Å². The fourth-order valence-corrected chi connectivity index (χ4v) is 2.77. The molecular formula is C11H23NO3S. The zero-order valence-corrected chi connectivity index (χ0v) is 11.0. The highest BCUT2D eigenvalue weighted by molar-refractivity contribution is 7.90. The van der Waals surface area contributed by atoms with Crippen molar-refractivity contribution in [3.63, 3.8) is 0 Å². The Kier molecular flexibility index (Phi) is 4.76. The smallest absolute Gasteiger partial charge is 0.214 e. The van der Waals surface area contributed by atoms with Crippen molar-refractivity contribution in [3.05, 3.63) is 0 Å². The third-order valence-electron chi connectivity index (χ3n) is 3.26. The van der Waals surface area contributed by atoms with Crippen LogP contribution in [0.5, 0.6) is 0 Å². The number of sulfonamides is 1. The molecule has 4 nitrogen and oxygen atoms in total. The summed E-state index contributed by atoms with van der Waals surface area (Å²) in [6.07, 6.45) is 5.65. The predicted octanol–water partition coefficient (Wildman–Crippen LogP) is 1.40. The second kappa shape index (κ2) is 5.47. The average Bonchev–Trinajstić information content (AvgIpc) is 2.41. The van der Waals surface area contributed by atoms with Crippen molar-refractivity contribution >= 4 is 10.0 Å². The van der Waals surface area contributed by atoms with Gasteiger partial charge in [0.25, 0.3) is 0 Å². The van der Waals surface area contributed by atoms with Crippen molar-refractivity contribution in [2.75, 3.05) is 6.54 Å². The van der Waals surface area contributed by atoms with E-state index in [1.165, 1.54) is 0 Å². The SMILES string of the molecule is CC(C)S(=O)(=O)NCC1(O)CCCCCC1. The number of hydrogen-bond donors (Lipinski definition) is 2. The molecule has 1 saturated carbocycles. The van der Waals surface area contributed by atoms with Crippen LogP contribution < -0.4 is 4.72 Å².